The quantitative estimate of drug-likeness (QED) is 0.338. The summed E-state index contributed by atoms with van der Waals surface area (Å²) in [5.41, 5.74) is 5.00. The SMILES string of the molecule is CCOc1cc2c(cc1OCC)CN1CCc3c(ccc(OC)c3OSc3cccc(F)c3)C1C2. The summed E-state index contributed by atoms with van der Waals surface area (Å²) >= 11 is 1.16. The number of methoxy groups -OCH3 is 1. The number of nitrogens with zero attached hydrogens (tertiary/aromatic N) is 1. The fourth-order valence-electron chi connectivity index (χ4n) is 5.03. The zero-order valence-electron chi connectivity index (χ0n) is 20.3. The molecule has 0 bridgehead atoms. The van der Waals surface area contributed by atoms with E-state index in [1.807, 2.05) is 26.0 Å². The average molecular weight is 496 g/mol. The van der Waals surface area contributed by atoms with Crippen LogP contribution in [0.2, 0.25) is 0 Å². The minimum absolute atomic E-state index is 0.242. The third-order valence-corrected chi connectivity index (χ3v) is 7.30. The number of fused-ring (bicyclic) bond motifs is 4. The first-order valence-electron chi connectivity index (χ1n) is 12.1. The van der Waals surface area contributed by atoms with Crippen LogP contribution in [0.4, 0.5) is 4.39 Å². The Hall–Kier alpha value is -2.90. The summed E-state index contributed by atoms with van der Waals surface area (Å²) in [4.78, 5) is 3.23. The molecule has 5 nitrogen and oxygen atoms in total. The van der Waals surface area contributed by atoms with Crippen molar-refractivity contribution in [1.29, 1.82) is 0 Å². The van der Waals surface area contributed by atoms with E-state index in [0.717, 1.165) is 60.8 Å². The highest BCUT2D eigenvalue weighted by Crippen LogP contribution is 2.47. The first kappa shape index (κ1) is 23.8. The van der Waals surface area contributed by atoms with E-state index in [9.17, 15) is 4.39 Å². The summed E-state index contributed by atoms with van der Waals surface area (Å²) in [6.45, 7) is 6.98. The van der Waals surface area contributed by atoms with E-state index in [4.69, 9.17) is 18.4 Å². The van der Waals surface area contributed by atoms with Crippen LogP contribution in [0.5, 0.6) is 23.0 Å². The average Bonchev–Trinajstić information content (AvgIpc) is 2.86. The molecule has 0 saturated heterocycles. The number of hydrogen-bond donors (Lipinski definition) is 0. The molecule has 184 valence electrons. The molecule has 3 aromatic rings. The standard InChI is InChI=1S/C28H30FNO4S/c1-4-32-26-14-18-13-24-22-9-10-25(31-3)28(34-35-21-8-6-7-20(29)16-21)23(22)11-12-30(24)17-19(18)15-27(26)33-5-2/h6-10,14-16,24H,4-5,11-13,17H2,1-3H3. The molecule has 0 fully saturated rings. The van der Waals surface area contributed by atoms with Crippen molar-refractivity contribution >= 4 is 12.0 Å². The Morgan fingerprint density at radius 1 is 0.971 bits per heavy atom. The predicted molar refractivity (Wildman–Crippen MR) is 135 cm³/mol. The third kappa shape index (κ3) is 4.80. The lowest BCUT2D eigenvalue weighted by Crippen LogP contribution is -2.39. The van der Waals surface area contributed by atoms with Crippen LogP contribution < -0.4 is 18.4 Å². The molecule has 7 heteroatoms. The highest BCUT2D eigenvalue weighted by molar-refractivity contribution is 7.95. The Morgan fingerprint density at radius 2 is 1.74 bits per heavy atom. The summed E-state index contributed by atoms with van der Waals surface area (Å²) in [7, 11) is 1.65. The first-order valence-corrected chi connectivity index (χ1v) is 12.8. The van der Waals surface area contributed by atoms with E-state index in [0.29, 0.717) is 23.9 Å². The van der Waals surface area contributed by atoms with Crippen LogP contribution in [0.3, 0.4) is 0 Å². The lowest BCUT2D eigenvalue weighted by Gasteiger charge is -2.42. The van der Waals surface area contributed by atoms with Gasteiger partial charge in [0.2, 0.25) is 0 Å². The van der Waals surface area contributed by atoms with Crippen molar-refractivity contribution in [1.82, 2.24) is 4.90 Å². The van der Waals surface area contributed by atoms with Crippen LogP contribution >= 0.6 is 12.0 Å². The molecule has 0 radical (unpaired) electrons. The lowest BCUT2D eigenvalue weighted by molar-refractivity contribution is 0.159. The van der Waals surface area contributed by atoms with Gasteiger partial charge in [-0.2, -0.15) is 0 Å². The molecule has 0 spiro atoms. The second kappa shape index (κ2) is 10.4. The van der Waals surface area contributed by atoms with Gasteiger partial charge in [0, 0.05) is 24.7 Å². The smallest absolute Gasteiger partial charge is 0.183 e. The van der Waals surface area contributed by atoms with Gasteiger partial charge in [0.05, 0.1) is 37.3 Å². The molecule has 5 rings (SSSR count). The Labute approximate surface area is 210 Å². The summed E-state index contributed by atoms with van der Waals surface area (Å²) in [6.07, 6.45) is 1.74. The molecule has 0 amide bonds. The number of hydrogen-bond acceptors (Lipinski definition) is 6. The minimum Gasteiger partial charge on any atom is -0.493 e. The maximum atomic E-state index is 13.6. The van der Waals surface area contributed by atoms with Gasteiger partial charge in [0.1, 0.15) is 5.82 Å². The summed E-state index contributed by atoms with van der Waals surface area (Å²) < 4.78 is 37.2. The summed E-state index contributed by atoms with van der Waals surface area (Å²) in [6, 6.07) is 15.1. The van der Waals surface area contributed by atoms with Gasteiger partial charge in [-0.1, -0.05) is 12.1 Å². The fraction of sp³-hybridized carbons (Fsp3) is 0.357. The molecule has 1 unspecified atom stereocenters. The number of halogens is 1. The number of benzene rings is 3. The highest BCUT2D eigenvalue weighted by Gasteiger charge is 2.35. The third-order valence-electron chi connectivity index (χ3n) is 6.60. The highest BCUT2D eigenvalue weighted by atomic mass is 32.2. The van der Waals surface area contributed by atoms with Gasteiger partial charge in [-0.3, -0.25) is 4.90 Å². The molecular formula is C28H30FNO4S. The van der Waals surface area contributed by atoms with Crippen LogP contribution in [-0.4, -0.2) is 31.8 Å². The van der Waals surface area contributed by atoms with E-state index in [1.165, 1.54) is 28.8 Å². The second-order valence-electron chi connectivity index (χ2n) is 8.66. The van der Waals surface area contributed by atoms with Crippen molar-refractivity contribution in [3.63, 3.8) is 0 Å². The maximum absolute atomic E-state index is 13.6. The molecule has 0 aliphatic carbocycles. The van der Waals surface area contributed by atoms with Crippen molar-refractivity contribution in [3.8, 4) is 23.0 Å². The van der Waals surface area contributed by atoms with Crippen molar-refractivity contribution in [2.45, 2.75) is 44.2 Å². The van der Waals surface area contributed by atoms with Gasteiger partial charge in [-0.25, -0.2) is 4.39 Å². The van der Waals surface area contributed by atoms with Crippen LogP contribution in [0, 0.1) is 5.82 Å². The van der Waals surface area contributed by atoms with E-state index in [2.05, 4.69) is 23.1 Å². The van der Waals surface area contributed by atoms with E-state index >= 15 is 0 Å². The van der Waals surface area contributed by atoms with Gasteiger partial charge >= 0.3 is 0 Å². The van der Waals surface area contributed by atoms with Crippen molar-refractivity contribution in [2.75, 3.05) is 26.9 Å². The van der Waals surface area contributed by atoms with Crippen LogP contribution in [0.1, 0.15) is 42.1 Å². The largest absolute Gasteiger partial charge is 0.493 e. The molecule has 0 N–H and O–H groups in total. The van der Waals surface area contributed by atoms with E-state index in [1.54, 1.807) is 13.2 Å². The van der Waals surface area contributed by atoms with Gasteiger partial charge in [0.15, 0.2) is 23.0 Å². The summed E-state index contributed by atoms with van der Waals surface area (Å²) in [5, 5.41) is 0. The molecule has 35 heavy (non-hydrogen) atoms. The second-order valence-corrected chi connectivity index (χ2v) is 9.47. The van der Waals surface area contributed by atoms with Gasteiger partial charge in [0.25, 0.3) is 0 Å². The van der Waals surface area contributed by atoms with Crippen molar-refractivity contribution < 1.29 is 22.8 Å². The Morgan fingerprint density at radius 3 is 2.46 bits per heavy atom. The van der Waals surface area contributed by atoms with Crippen LogP contribution in [0.25, 0.3) is 0 Å². The Bertz CT molecular complexity index is 1220. The number of ether oxygens (including phenoxy) is 3. The summed E-state index contributed by atoms with van der Waals surface area (Å²) in [5.74, 6) is 2.77. The van der Waals surface area contributed by atoms with Gasteiger partial charge in [-0.15, -0.1) is 0 Å². The predicted octanol–water partition coefficient (Wildman–Crippen LogP) is 6.37. The van der Waals surface area contributed by atoms with Crippen LogP contribution in [0.15, 0.2) is 53.4 Å². The van der Waals surface area contributed by atoms with E-state index < -0.39 is 0 Å². The van der Waals surface area contributed by atoms with Crippen molar-refractivity contribution in [3.05, 3.63) is 76.6 Å². The maximum Gasteiger partial charge on any atom is 0.183 e. The first-order chi connectivity index (χ1) is 17.1. The van der Waals surface area contributed by atoms with Gasteiger partial charge in [-0.05, 0) is 79.8 Å². The zero-order valence-corrected chi connectivity index (χ0v) is 21.1. The Balaban J connectivity index is 1.46. The molecular weight excluding hydrogens is 465 g/mol. The van der Waals surface area contributed by atoms with Crippen LogP contribution in [-0.2, 0) is 19.4 Å². The monoisotopic (exact) mass is 495 g/mol. The molecule has 0 aromatic heterocycles. The topological polar surface area (TPSA) is 40.2 Å². The molecule has 2 heterocycles. The molecule has 3 aromatic carbocycles. The van der Waals surface area contributed by atoms with E-state index in [-0.39, 0.29) is 11.9 Å². The molecule has 2 aliphatic heterocycles. The normalized spacial score (nSPS) is 16.6. The molecule has 2 aliphatic rings. The zero-order chi connectivity index (χ0) is 24.4. The lowest BCUT2D eigenvalue weighted by atomic mass is 9.83. The van der Waals surface area contributed by atoms with Crippen molar-refractivity contribution in [2.24, 2.45) is 0 Å². The molecule has 1 atom stereocenters. The fourth-order valence-corrected chi connectivity index (χ4v) is 5.69. The minimum atomic E-state index is -0.281. The molecule has 0 saturated carbocycles. The Kier molecular flexibility index (Phi) is 7.07. The van der Waals surface area contributed by atoms with Gasteiger partial charge < -0.3 is 18.4 Å². The number of rotatable bonds is 8.